The summed E-state index contributed by atoms with van der Waals surface area (Å²) in [6, 6.07) is 8.36. The van der Waals surface area contributed by atoms with Gasteiger partial charge in [-0.3, -0.25) is 0 Å². The van der Waals surface area contributed by atoms with Crippen LogP contribution in [0.5, 0.6) is 5.75 Å². The fourth-order valence-electron chi connectivity index (χ4n) is 1.66. The largest absolute Gasteiger partial charge is 0.508 e. The number of benzene rings is 1. The van der Waals surface area contributed by atoms with Gasteiger partial charge in [0.05, 0.1) is 0 Å². The minimum absolute atomic E-state index is 0.317. The number of aryl methyl sites for hydroxylation is 1. The lowest BCUT2D eigenvalue weighted by Gasteiger charge is -2.16. The Balaban J connectivity index is 2.37. The summed E-state index contributed by atoms with van der Waals surface area (Å²) in [5.74, 6) is 0.317. The zero-order valence-corrected chi connectivity index (χ0v) is 12.5. The third-order valence-electron chi connectivity index (χ3n) is 2.62. The summed E-state index contributed by atoms with van der Waals surface area (Å²) in [5, 5.41) is 9.23. The zero-order valence-electron chi connectivity index (χ0n) is 11.4. The number of phenols is 1. The predicted octanol–water partition coefficient (Wildman–Crippen LogP) is 3.01. The molecule has 1 rings (SSSR count). The van der Waals surface area contributed by atoms with Crippen molar-refractivity contribution >= 4 is 9.28 Å². The van der Waals surface area contributed by atoms with Gasteiger partial charge in [0, 0.05) is 13.2 Å². The smallest absolute Gasteiger partial charge is 0.321 e. The molecule has 0 spiro atoms. The van der Waals surface area contributed by atoms with Gasteiger partial charge in [0.25, 0.3) is 0 Å². The van der Waals surface area contributed by atoms with Gasteiger partial charge >= 0.3 is 9.28 Å². The van der Waals surface area contributed by atoms with Crippen LogP contribution in [0.25, 0.3) is 0 Å². The minimum atomic E-state index is -1.51. The maximum Gasteiger partial charge on any atom is 0.321 e. The second kappa shape index (κ2) is 9.14. The third-order valence-corrected chi connectivity index (χ3v) is 4.60. The number of hydrogen-bond donors (Lipinski definition) is 1. The quantitative estimate of drug-likeness (QED) is 0.700. The first-order chi connectivity index (χ1) is 8.76. The van der Waals surface area contributed by atoms with E-state index in [-0.39, 0.29) is 0 Å². The van der Waals surface area contributed by atoms with Crippen LogP contribution in [0.3, 0.4) is 0 Å². The van der Waals surface area contributed by atoms with E-state index in [9.17, 15) is 5.11 Å². The normalized spacial score (nSPS) is 11.1. The molecule has 1 aromatic carbocycles. The van der Waals surface area contributed by atoms with Crippen LogP contribution in [0.15, 0.2) is 24.3 Å². The molecule has 0 aliphatic rings. The van der Waals surface area contributed by atoms with Crippen LogP contribution in [0.1, 0.15) is 32.3 Å². The van der Waals surface area contributed by atoms with Crippen LogP contribution in [0.2, 0.25) is 6.04 Å². The molecule has 1 N–H and O–H groups in total. The van der Waals surface area contributed by atoms with Crippen LogP contribution in [-0.2, 0) is 15.3 Å². The average Bonchev–Trinajstić information content (AvgIpc) is 2.40. The highest BCUT2D eigenvalue weighted by Crippen LogP contribution is 2.13. The van der Waals surface area contributed by atoms with E-state index in [1.165, 1.54) is 5.56 Å². The molecular weight excluding hydrogens is 244 g/mol. The molecule has 0 aromatic heterocycles. The zero-order chi connectivity index (χ0) is 13.2. The molecule has 0 saturated heterocycles. The second-order valence-corrected chi connectivity index (χ2v) is 6.48. The lowest BCUT2D eigenvalue weighted by Crippen LogP contribution is -2.24. The molecule has 1 aromatic rings. The summed E-state index contributed by atoms with van der Waals surface area (Å²) in [6.45, 7) is 5.84. The van der Waals surface area contributed by atoms with E-state index in [4.69, 9.17) is 8.85 Å². The van der Waals surface area contributed by atoms with Crippen LogP contribution in [-0.4, -0.2) is 27.6 Å². The highest BCUT2D eigenvalue weighted by atomic mass is 28.3. The van der Waals surface area contributed by atoms with Crippen molar-refractivity contribution in [2.45, 2.75) is 39.2 Å². The molecular formula is C14H24O3Si. The number of aromatic hydroxyl groups is 1. The minimum Gasteiger partial charge on any atom is -0.508 e. The van der Waals surface area contributed by atoms with Crippen molar-refractivity contribution in [3.05, 3.63) is 29.8 Å². The van der Waals surface area contributed by atoms with E-state index in [2.05, 4.69) is 13.8 Å². The maximum atomic E-state index is 9.23. The molecule has 0 atom stereocenters. The summed E-state index contributed by atoms with van der Waals surface area (Å²) in [4.78, 5) is 0. The summed E-state index contributed by atoms with van der Waals surface area (Å²) in [5.41, 5.74) is 1.23. The number of phenolic OH excluding ortho intramolecular Hbond substituents is 1. The Morgan fingerprint density at radius 1 is 1.00 bits per heavy atom. The van der Waals surface area contributed by atoms with Gasteiger partial charge in [-0.25, -0.2) is 0 Å². The summed E-state index contributed by atoms with van der Waals surface area (Å²) in [6.07, 6.45) is 3.04. The summed E-state index contributed by atoms with van der Waals surface area (Å²) >= 11 is 0. The molecule has 0 radical (unpaired) electrons. The van der Waals surface area contributed by atoms with Crippen LogP contribution in [0, 0.1) is 0 Å². The lowest BCUT2D eigenvalue weighted by atomic mass is 10.2. The van der Waals surface area contributed by atoms with Gasteiger partial charge in [-0.2, -0.15) is 0 Å². The molecule has 0 aliphatic heterocycles. The Kier molecular flexibility index (Phi) is 7.72. The molecule has 0 amide bonds. The third kappa shape index (κ3) is 6.19. The fraction of sp³-hybridized carbons (Fsp3) is 0.571. The van der Waals surface area contributed by atoms with Gasteiger partial charge in [-0.1, -0.05) is 26.0 Å². The summed E-state index contributed by atoms with van der Waals surface area (Å²) in [7, 11) is -1.51. The SMILES string of the molecule is CCCO[SiH](CCc1ccc(O)cc1)OCCC. The Morgan fingerprint density at radius 3 is 2.06 bits per heavy atom. The van der Waals surface area contributed by atoms with E-state index < -0.39 is 9.28 Å². The molecule has 0 saturated carbocycles. The number of hydrogen-bond acceptors (Lipinski definition) is 3. The van der Waals surface area contributed by atoms with E-state index in [1.54, 1.807) is 12.1 Å². The molecule has 18 heavy (non-hydrogen) atoms. The van der Waals surface area contributed by atoms with Crippen molar-refractivity contribution in [1.82, 2.24) is 0 Å². The van der Waals surface area contributed by atoms with Crippen LogP contribution in [0.4, 0.5) is 0 Å². The number of rotatable bonds is 9. The Hall–Kier alpha value is -0.843. The monoisotopic (exact) mass is 268 g/mol. The van der Waals surface area contributed by atoms with Crippen LogP contribution >= 0.6 is 0 Å². The highest BCUT2D eigenvalue weighted by Gasteiger charge is 2.12. The fourth-order valence-corrected chi connectivity index (χ4v) is 3.66. The van der Waals surface area contributed by atoms with Crippen molar-refractivity contribution in [3.63, 3.8) is 0 Å². The molecule has 0 heterocycles. The molecule has 4 heteroatoms. The van der Waals surface area contributed by atoms with Gasteiger partial charge in [0.1, 0.15) is 5.75 Å². The van der Waals surface area contributed by atoms with E-state index in [0.29, 0.717) is 5.75 Å². The van der Waals surface area contributed by atoms with Crippen molar-refractivity contribution in [2.24, 2.45) is 0 Å². The predicted molar refractivity (Wildman–Crippen MR) is 76.3 cm³/mol. The highest BCUT2D eigenvalue weighted by molar-refractivity contribution is 6.44. The van der Waals surface area contributed by atoms with E-state index in [1.807, 2.05) is 12.1 Å². The van der Waals surface area contributed by atoms with E-state index in [0.717, 1.165) is 38.5 Å². The molecule has 3 nitrogen and oxygen atoms in total. The van der Waals surface area contributed by atoms with Gasteiger partial charge in [-0.05, 0) is 43.0 Å². The maximum absolute atomic E-state index is 9.23. The van der Waals surface area contributed by atoms with Crippen LogP contribution < -0.4 is 0 Å². The van der Waals surface area contributed by atoms with Gasteiger partial charge in [-0.15, -0.1) is 0 Å². The standard InChI is InChI=1S/C14H24O3Si/c1-3-10-16-18(17-11-4-2)12-9-13-5-7-14(15)8-6-13/h5-8,15,18H,3-4,9-12H2,1-2H3. The molecule has 0 unspecified atom stereocenters. The topological polar surface area (TPSA) is 38.7 Å². The summed E-state index contributed by atoms with van der Waals surface area (Å²) < 4.78 is 11.6. The molecule has 102 valence electrons. The first-order valence-electron chi connectivity index (χ1n) is 6.77. The Bertz CT molecular complexity index is 305. The molecule has 0 bridgehead atoms. The van der Waals surface area contributed by atoms with Crippen molar-refractivity contribution in [2.75, 3.05) is 13.2 Å². The lowest BCUT2D eigenvalue weighted by molar-refractivity contribution is 0.196. The first-order valence-corrected chi connectivity index (χ1v) is 8.53. The van der Waals surface area contributed by atoms with E-state index >= 15 is 0 Å². The van der Waals surface area contributed by atoms with Gasteiger partial charge < -0.3 is 14.0 Å². The van der Waals surface area contributed by atoms with Crippen molar-refractivity contribution in [1.29, 1.82) is 0 Å². The van der Waals surface area contributed by atoms with Gasteiger partial charge in [0.15, 0.2) is 0 Å². The Labute approximate surface area is 112 Å². The van der Waals surface area contributed by atoms with Crippen molar-refractivity contribution < 1.29 is 14.0 Å². The first kappa shape index (κ1) is 15.2. The average molecular weight is 268 g/mol. The second-order valence-electron chi connectivity index (χ2n) is 4.38. The van der Waals surface area contributed by atoms with Crippen molar-refractivity contribution in [3.8, 4) is 5.75 Å². The van der Waals surface area contributed by atoms with Gasteiger partial charge in [0.2, 0.25) is 0 Å². The molecule has 0 aliphatic carbocycles. The Morgan fingerprint density at radius 2 is 1.56 bits per heavy atom. The molecule has 0 fully saturated rings.